The normalized spacial score (nSPS) is 18.4. The lowest BCUT2D eigenvalue weighted by Crippen LogP contribution is -2.23. The first-order valence-corrected chi connectivity index (χ1v) is 4.81. The molecular formula is C8H11N3S. The number of nitrogens with zero attached hydrogens (tertiary/aromatic N) is 2. The van der Waals surface area contributed by atoms with Crippen molar-refractivity contribution in [2.24, 2.45) is 0 Å². The second-order valence-corrected chi connectivity index (χ2v) is 3.71. The first-order chi connectivity index (χ1) is 5.88. The summed E-state index contributed by atoms with van der Waals surface area (Å²) in [5.74, 6) is 0. The minimum Gasteiger partial charge on any atom is -0.312 e. The van der Waals surface area contributed by atoms with Crippen molar-refractivity contribution in [2.45, 2.75) is 13.3 Å². The first-order valence-electron chi connectivity index (χ1n) is 4.04. The monoisotopic (exact) mass is 181 g/mol. The number of hydrogen-bond donors (Lipinski definition) is 1. The summed E-state index contributed by atoms with van der Waals surface area (Å²) >= 11 is 1.47. The molecule has 12 heavy (non-hydrogen) atoms. The molecule has 64 valence electrons. The summed E-state index contributed by atoms with van der Waals surface area (Å²) in [4.78, 5) is 4.20. The standard InChI is InChI=1S/C8H11N3S/c1-6-2-3-9-4-7(6)8-10-5-11-12-8/h5,9H,2-4H2,1H3. The van der Waals surface area contributed by atoms with Gasteiger partial charge in [0.15, 0.2) is 0 Å². The van der Waals surface area contributed by atoms with Crippen molar-refractivity contribution in [3.8, 4) is 0 Å². The van der Waals surface area contributed by atoms with Crippen LogP contribution in [0.1, 0.15) is 18.4 Å². The van der Waals surface area contributed by atoms with Gasteiger partial charge < -0.3 is 5.32 Å². The van der Waals surface area contributed by atoms with E-state index in [9.17, 15) is 0 Å². The summed E-state index contributed by atoms with van der Waals surface area (Å²) in [5, 5.41) is 4.40. The predicted octanol–water partition coefficient (Wildman–Crippen LogP) is 1.30. The summed E-state index contributed by atoms with van der Waals surface area (Å²) in [7, 11) is 0. The molecule has 0 atom stereocenters. The molecule has 0 radical (unpaired) electrons. The molecule has 1 aliphatic heterocycles. The first kappa shape index (κ1) is 7.89. The summed E-state index contributed by atoms with van der Waals surface area (Å²) in [6.45, 7) is 4.22. The van der Waals surface area contributed by atoms with Gasteiger partial charge in [-0.05, 0) is 31.4 Å². The lowest BCUT2D eigenvalue weighted by atomic mass is 10.0. The Morgan fingerprint density at radius 3 is 3.17 bits per heavy atom. The summed E-state index contributed by atoms with van der Waals surface area (Å²) in [6.07, 6.45) is 2.75. The van der Waals surface area contributed by atoms with E-state index in [1.54, 1.807) is 6.33 Å². The minimum atomic E-state index is 0.945. The molecule has 0 spiro atoms. The molecule has 0 saturated carbocycles. The SMILES string of the molecule is CC1=C(c2ncns2)CNCC1. The molecule has 0 aromatic carbocycles. The molecule has 2 heterocycles. The van der Waals surface area contributed by atoms with E-state index in [1.807, 2.05) is 0 Å². The fourth-order valence-corrected chi connectivity index (χ4v) is 2.00. The van der Waals surface area contributed by atoms with Crippen molar-refractivity contribution in [1.82, 2.24) is 14.7 Å². The van der Waals surface area contributed by atoms with E-state index in [1.165, 1.54) is 22.7 Å². The molecule has 0 bridgehead atoms. The summed E-state index contributed by atoms with van der Waals surface area (Å²) < 4.78 is 4.00. The van der Waals surface area contributed by atoms with Gasteiger partial charge in [0.25, 0.3) is 0 Å². The fraction of sp³-hybridized carbons (Fsp3) is 0.500. The zero-order valence-electron chi connectivity index (χ0n) is 7.00. The average molecular weight is 181 g/mol. The zero-order chi connectivity index (χ0) is 8.39. The van der Waals surface area contributed by atoms with Crippen LogP contribution in [0.15, 0.2) is 11.9 Å². The predicted molar refractivity (Wildman–Crippen MR) is 50.0 cm³/mol. The van der Waals surface area contributed by atoms with Crippen molar-refractivity contribution in [1.29, 1.82) is 0 Å². The van der Waals surface area contributed by atoms with Crippen LogP contribution in [-0.2, 0) is 0 Å². The molecule has 4 heteroatoms. The molecule has 0 unspecified atom stereocenters. The van der Waals surface area contributed by atoms with Gasteiger partial charge in [0.1, 0.15) is 11.3 Å². The minimum absolute atomic E-state index is 0.945. The van der Waals surface area contributed by atoms with E-state index in [-0.39, 0.29) is 0 Å². The van der Waals surface area contributed by atoms with Crippen LogP contribution in [0, 0.1) is 0 Å². The van der Waals surface area contributed by atoms with Gasteiger partial charge in [-0.2, -0.15) is 4.37 Å². The molecule has 0 aliphatic carbocycles. The second-order valence-electron chi connectivity index (χ2n) is 2.93. The fourth-order valence-electron chi connectivity index (χ4n) is 1.36. The van der Waals surface area contributed by atoms with Crippen LogP contribution in [0.2, 0.25) is 0 Å². The van der Waals surface area contributed by atoms with E-state index in [2.05, 4.69) is 21.6 Å². The molecule has 2 rings (SSSR count). The lowest BCUT2D eigenvalue weighted by molar-refractivity contribution is 0.715. The van der Waals surface area contributed by atoms with Crippen molar-refractivity contribution >= 4 is 17.1 Å². The van der Waals surface area contributed by atoms with Gasteiger partial charge in [-0.3, -0.25) is 0 Å². The molecule has 0 saturated heterocycles. The van der Waals surface area contributed by atoms with Crippen molar-refractivity contribution in [3.63, 3.8) is 0 Å². The summed E-state index contributed by atoms with van der Waals surface area (Å²) in [5.41, 5.74) is 2.79. The Balaban J connectivity index is 2.33. The molecule has 0 fully saturated rings. The van der Waals surface area contributed by atoms with Gasteiger partial charge in [-0.15, -0.1) is 0 Å². The highest BCUT2D eigenvalue weighted by Crippen LogP contribution is 2.22. The molecule has 0 amide bonds. The van der Waals surface area contributed by atoms with E-state index in [0.29, 0.717) is 0 Å². The molecule has 1 N–H and O–H groups in total. The van der Waals surface area contributed by atoms with Crippen molar-refractivity contribution in [3.05, 3.63) is 16.9 Å². The molecule has 1 aliphatic rings. The highest BCUT2D eigenvalue weighted by molar-refractivity contribution is 7.06. The Morgan fingerprint density at radius 2 is 2.50 bits per heavy atom. The highest BCUT2D eigenvalue weighted by Gasteiger charge is 2.12. The van der Waals surface area contributed by atoms with Gasteiger partial charge in [-0.25, -0.2) is 4.98 Å². The van der Waals surface area contributed by atoms with E-state index < -0.39 is 0 Å². The maximum Gasteiger partial charge on any atom is 0.140 e. The third-order valence-electron chi connectivity index (χ3n) is 2.11. The third kappa shape index (κ3) is 1.40. The molecule has 1 aromatic rings. The Kier molecular flexibility index (Phi) is 2.19. The second kappa shape index (κ2) is 3.33. The average Bonchev–Trinajstić information content (AvgIpc) is 2.57. The number of nitrogens with one attached hydrogen (secondary N) is 1. The van der Waals surface area contributed by atoms with E-state index in [0.717, 1.165) is 24.5 Å². The lowest BCUT2D eigenvalue weighted by Gasteiger charge is -2.16. The van der Waals surface area contributed by atoms with E-state index in [4.69, 9.17) is 0 Å². The largest absolute Gasteiger partial charge is 0.312 e. The van der Waals surface area contributed by atoms with Gasteiger partial charge in [0.05, 0.1) is 0 Å². The van der Waals surface area contributed by atoms with E-state index >= 15 is 0 Å². The number of hydrogen-bond acceptors (Lipinski definition) is 4. The van der Waals surface area contributed by atoms with Gasteiger partial charge in [-0.1, -0.05) is 5.57 Å². The van der Waals surface area contributed by atoms with Crippen LogP contribution < -0.4 is 5.32 Å². The van der Waals surface area contributed by atoms with Crippen molar-refractivity contribution in [2.75, 3.05) is 13.1 Å². The maximum absolute atomic E-state index is 4.20. The quantitative estimate of drug-likeness (QED) is 0.709. The highest BCUT2D eigenvalue weighted by atomic mass is 32.1. The Labute approximate surface area is 75.7 Å². The molecule has 1 aromatic heterocycles. The smallest absolute Gasteiger partial charge is 0.140 e. The van der Waals surface area contributed by atoms with Crippen LogP contribution in [0.5, 0.6) is 0 Å². The number of rotatable bonds is 1. The Hall–Kier alpha value is -0.740. The Bertz CT molecular complexity index is 289. The third-order valence-corrected chi connectivity index (χ3v) is 2.84. The molecular weight excluding hydrogens is 170 g/mol. The van der Waals surface area contributed by atoms with Crippen LogP contribution in [0.4, 0.5) is 0 Å². The van der Waals surface area contributed by atoms with Crippen LogP contribution >= 0.6 is 11.5 Å². The molecule has 3 nitrogen and oxygen atoms in total. The van der Waals surface area contributed by atoms with Crippen molar-refractivity contribution < 1.29 is 0 Å². The van der Waals surface area contributed by atoms with Gasteiger partial charge in [0, 0.05) is 12.1 Å². The van der Waals surface area contributed by atoms with Crippen LogP contribution in [-0.4, -0.2) is 22.4 Å². The number of aromatic nitrogens is 2. The van der Waals surface area contributed by atoms with Gasteiger partial charge in [0.2, 0.25) is 0 Å². The van der Waals surface area contributed by atoms with Crippen LogP contribution in [0.25, 0.3) is 5.57 Å². The maximum atomic E-state index is 4.20. The van der Waals surface area contributed by atoms with Gasteiger partial charge >= 0.3 is 0 Å². The van der Waals surface area contributed by atoms with Crippen LogP contribution in [0.3, 0.4) is 0 Å². The Morgan fingerprint density at radius 1 is 1.58 bits per heavy atom. The zero-order valence-corrected chi connectivity index (χ0v) is 7.82. The topological polar surface area (TPSA) is 37.8 Å². The summed E-state index contributed by atoms with van der Waals surface area (Å²) in [6, 6.07) is 0.